The van der Waals surface area contributed by atoms with Crippen molar-refractivity contribution in [3.63, 3.8) is 0 Å². The number of pyridine rings is 1. The van der Waals surface area contributed by atoms with E-state index in [9.17, 15) is 9.90 Å². The third-order valence-corrected chi connectivity index (χ3v) is 5.16. The molecule has 4 rings (SSSR count). The van der Waals surface area contributed by atoms with Crippen molar-refractivity contribution in [3.8, 4) is 0 Å². The van der Waals surface area contributed by atoms with Crippen LogP contribution in [0.5, 0.6) is 0 Å². The lowest BCUT2D eigenvalue weighted by molar-refractivity contribution is -0.113. The van der Waals surface area contributed by atoms with Crippen molar-refractivity contribution in [2.24, 2.45) is 0 Å². The summed E-state index contributed by atoms with van der Waals surface area (Å²) < 4.78 is 0. The number of nitrogens with one attached hydrogen (secondary N) is 1. The van der Waals surface area contributed by atoms with Crippen LogP contribution in [0.4, 0.5) is 17.1 Å². The molecule has 0 aliphatic rings. The van der Waals surface area contributed by atoms with Crippen molar-refractivity contribution in [3.05, 3.63) is 109 Å². The number of amides is 1. The Morgan fingerprint density at radius 2 is 1.81 bits per heavy atom. The SMILES string of the molecule is C=CC(=O)N(C)c1cc(Nc2ccc3ncccc3c2)cc(C(O)c2ccccc2)c1. The normalized spacial score (nSPS) is 11.7. The van der Waals surface area contributed by atoms with E-state index >= 15 is 0 Å². The zero-order valence-electron chi connectivity index (χ0n) is 17.2. The van der Waals surface area contributed by atoms with Crippen molar-refractivity contribution in [2.45, 2.75) is 6.10 Å². The first-order valence-electron chi connectivity index (χ1n) is 9.95. The lowest BCUT2D eigenvalue weighted by Gasteiger charge is -2.21. The van der Waals surface area contributed by atoms with Gasteiger partial charge in [-0.25, -0.2) is 0 Å². The average Bonchev–Trinajstić information content (AvgIpc) is 2.82. The number of anilines is 3. The van der Waals surface area contributed by atoms with E-state index in [1.807, 2.05) is 78.9 Å². The van der Waals surface area contributed by atoms with Crippen molar-refractivity contribution in [1.82, 2.24) is 4.98 Å². The molecule has 0 aliphatic heterocycles. The van der Waals surface area contributed by atoms with Crippen LogP contribution in [-0.4, -0.2) is 23.0 Å². The number of benzene rings is 3. The molecule has 1 atom stereocenters. The largest absolute Gasteiger partial charge is 0.384 e. The average molecular weight is 409 g/mol. The van der Waals surface area contributed by atoms with Crippen LogP contribution in [0.25, 0.3) is 10.9 Å². The smallest absolute Gasteiger partial charge is 0.250 e. The predicted molar refractivity (Wildman–Crippen MR) is 126 cm³/mol. The summed E-state index contributed by atoms with van der Waals surface area (Å²) in [6.45, 7) is 3.57. The highest BCUT2D eigenvalue weighted by Crippen LogP contribution is 2.31. The van der Waals surface area contributed by atoms with E-state index in [0.29, 0.717) is 11.3 Å². The van der Waals surface area contributed by atoms with Crippen LogP contribution in [0.15, 0.2) is 97.7 Å². The van der Waals surface area contributed by atoms with Crippen LogP contribution in [0, 0.1) is 0 Å². The van der Waals surface area contributed by atoms with Gasteiger partial charge in [0.1, 0.15) is 6.10 Å². The Balaban J connectivity index is 1.74. The molecule has 5 heteroatoms. The molecule has 2 N–H and O–H groups in total. The van der Waals surface area contributed by atoms with Crippen molar-refractivity contribution < 1.29 is 9.90 Å². The fourth-order valence-electron chi connectivity index (χ4n) is 3.47. The molecule has 0 spiro atoms. The van der Waals surface area contributed by atoms with Gasteiger partial charge in [-0.3, -0.25) is 9.78 Å². The van der Waals surface area contributed by atoms with E-state index in [2.05, 4.69) is 16.9 Å². The first-order chi connectivity index (χ1) is 15.0. The molecule has 0 aliphatic carbocycles. The minimum absolute atomic E-state index is 0.228. The van der Waals surface area contributed by atoms with Gasteiger partial charge in [0.05, 0.1) is 5.52 Å². The summed E-state index contributed by atoms with van der Waals surface area (Å²) in [5, 5.41) is 15.4. The maximum absolute atomic E-state index is 12.2. The van der Waals surface area contributed by atoms with E-state index < -0.39 is 6.10 Å². The minimum atomic E-state index is -0.824. The first kappa shape index (κ1) is 20.3. The second-order valence-electron chi connectivity index (χ2n) is 7.26. The van der Waals surface area contributed by atoms with Gasteiger partial charge in [0, 0.05) is 35.7 Å². The maximum Gasteiger partial charge on any atom is 0.250 e. The van der Waals surface area contributed by atoms with Crippen LogP contribution in [0.2, 0.25) is 0 Å². The van der Waals surface area contributed by atoms with Gasteiger partial charge in [0.15, 0.2) is 0 Å². The van der Waals surface area contributed by atoms with Gasteiger partial charge >= 0.3 is 0 Å². The second-order valence-corrected chi connectivity index (χ2v) is 7.26. The Morgan fingerprint density at radius 3 is 2.58 bits per heavy atom. The van der Waals surface area contributed by atoms with Gasteiger partial charge in [-0.2, -0.15) is 0 Å². The van der Waals surface area contributed by atoms with Crippen molar-refractivity contribution >= 4 is 33.9 Å². The van der Waals surface area contributed by atoms with Crippen LogP contribution in [-0.2, 0) is 4.79 Å². The topological polar surface area (TPSA) is 65.5 Å². The van der Waals surface area contributed by atoms with Gasteiger partial charge in [-0.05, 0) is 59.7 Å². The summed E-state index contributed by atoms with van der Waals surface area (Å²) in [5.74, 6) is -0.228. The second kappa shape index (κ2) is 8.81. The number of aromatic nitrogens is 1. The summed E-state index contributed by atoms with van der Waals surface area (Å²) in [5.41, 5.74) is 4.67. The number of aliphatic hydroxyl groups excluding tert-OH is 1. The molecule has 1 unspecified atom stereocenters. The fourth-order valence-corrected chi connectivity index (χ4v) is 3.47. The maximum atomic E-state index is 12.2. The number of nitrogens with zero attached hydrogens (tertiary/aromatic N) is 2. The monoisotopic (exact) mass is 409 g/mol. The Kier molecular flexibility index (Phi) is 5.78. The molecular formula is C26H23N3O2. The van der Waals surface area contributed by atoms with Gasteiger partial charge in [0.25, 0.3) is 0 Å². The number of fused-ring (bicyclic) bond motifs is 1. The summed E-state index contributed by atoms with van der Waals surface area (Å²) >= 11 is 0. The number of hydrogen-bond acceptors (Lipinski definition) is 4. The molecule has 5 nitrogen and oxygen atoms in total. The van der Waals surface area contributed by atoms with Gasteiger partial charge in [0.2, 0.25) is 5.91 Å². The number of carbonyl (C=O) groups excluding carboxylic acids is 1. The quantitative estimate of drug-likeness (QED) is 0.429. The van der Waals surface area contributed by atoms with E-state index in [4.69, 9.17) is 0 Å². The summed E-state index contributed by atoms with van der Waals surface area (Å²) in [7, 11) is 1.68. The number of carbonyl (C=O) groups is 1. The van der Waals surface area contributed by atoms with Gasteiger partial charge < -0.3 is 15.3 Å². The molecule has 154 valence electrons. The highest BCUT2D eigenvalue weighted by atomic mass is 16.3. The molecule has 1 amide bonds. The molecule has 0 fully saturated rings. The lowest BCUT2D eigenvalue weighted by Crippen LogP contribution is -2.24. The van der Waals surface area contributed by atoms with Crippen LogP contribution in [0.1, 0.15) is 17.2 Å². The van der Waals surface area contributed by atoms with E-state index in [1.54, 1.807) is 13.2 Å². The fraction of sp³-hybridized carbons (Fsp3) is 0.0769. The Bertz CT molecular complexity index is 1240. The number of rotatable bonds is 6. The third kappa shape index (κ3) is 4.47. The van der Waals surface area contributed by atoms with Crippen LogP contribution >= 0.6 is 0 Å². The standard InChI is InChI=1S/C26H23N3O2/c1-3-25(30)29(2)23-16-20(26(31)18-8-5-4-6-9-18)15-22(17-23)28-21-11-12-24-19(14-21)10-7-13-27-24/h3-17,26,28,31H,1H2,2H3. The molecule has 0 saturated heterocycles. The minimum Gasteiger partial charge on any atom is -0.384 e. The lowest BCUT2D eigenvalue weighted by atomic mass is 10.00. The van der Waals surface area contributed by atoms with Gasteiger partial charge in [-0.1, -0.05) is 43.0 Å². The highest BCUT2D eigenvalue weighted by molar-refractivity contribution is 6.01. The predicted octanol–water partition coefficient (Wildman–Crippen LogP) is 5.21. The number of likely N-dealkylation sites (N-methyl/N-ethyl adjacent to an activating group) is 1. The molecule has 1 aromatic heterocycles. The van der Waals surface area contributed by atoms with E-state index in [1.165, 1.54) is 11.0 Å². The zero-order chi connectivity index (χ0) is 21.8. The molecule has 0 radical (unpaired) electrons. The van der Waals surface area contributed by atoms with Gasteiger partial charge in [-0.15, -0.1) is 0 Å². The zero-order valence-corrected chi connectivity index (χ0v) is 17.2. The number of hydrogen-bond donors (Lipinski definition) is 2. The van der Waals surface area contributed by atoms with E-state index in [-0.39, 0.29) is 5.91 Å². The van der Waals surface area contributed by atoms with Crippen molar-refractivity contribution in [2.75, 3.05) is 17.3 Å². The van der Waals surface area contributed by atoms with Crippen molar-refractivity contribution in [1.29, 1.82) is 0 Å². The molecule has 0 bridgehead atoms. The summed E-state index contributed by atoms with van der Waals surface area (Å²) in [4.78, 5) is 18.1. The molecule has 0 saturated carbocycles. The summed E-state index contributed by atoms with van der Waals surface area (Å²) in [6.07, 6.45) is 2.21. The summed E-state index contributed by atoms with van der Waals surface area (Å²) in [6, 6.07) is 24.8. The third-order valence-electron chi connectivity index (χ3n) is 5.16. The van der Waals surface area contributed by atoms with Crippen LogP contribution in [0.3, 0.4) is 0 Å². The molecule has 3 aromatic carbocycles. The Hall–Kier alpha value is -3.96. The first-order valence-corrected chi connectivity index (χ1v) is 9.95. The molecule has 1 heterocycles. The Labute approximate surface area is 181 Å². The highest BCUT2D eigenvalue weighted by Gasteiger charge is 2.16. The van der Waals surface area contributed by atoms with Crippen LogP contribution < -0.4 is 10.2 Å². The molecule has 4 aromatic rings. The molecule has 31 heavy (non-hydrogen) atoms. The molecular weight excluding hydrogens is 386 g/mol. The number of aliphatic hydroxyl groups is 1. The van der Waals surface area contributed by atoms with E-state index in [0.717, 1.165) is 27.8 Å². The Morgan fingerprint density at radius 1 is 1.00 bits per heavy atom.